The molecule has 6 nitrogen and oxygen atoms in total. The molecule has 1 aliphatic heterocycles. The van der Waals surface area contributed by atoms with Gasteiger partial charge in [-0.05, 0) is 43.7 Å². The Kier molecular flexibility index (Phi) is 4.97. The normalized spacial score (nSPS) is 17.2. The molecule has 1 heterocycles. The summed E-state index contributed by atoms with van der Waals surface area (Å²) in [6, 6.07) is 4.52. The summed E-state index contributed by atoms with van der Waals surface area (Å²) < 4.78 is 31.5. The maximum absolute atomic E-state index is 12.7. The van der Waals surface area contributed by atoms with Gasteiger partial charge >= 0.3 is 5.97 Å². The second-order valence-electron chi connectivity index (χ2n) is 4.98. The van der Waals surface area contributed by atoms with Crippen LogP contribution in [0.2, 0.25) is 0 Å². The molecule has 0 saturated carbocycles. The van der Waals surface area contributed by atoms with Crippen molar-refractivity contribution in [2.75, 3.05) is 33.3 Å². The summed E-state index contributed by atoms with van der Waals surface area (Å²) in [7, 11) is -2.23. The van der Waals surface area contributed by atoms with E-state index < -0.39 is 16.0 Å². The fourth-order valence-corrected chi connectivity index (χ4v) is 4.07. The van der Waals surface area contributed by atoms with Crippen molar-refractivity contribution in [2.24, 2.45) is 0 Å². The summed E-state index contributed by atoms with van der Waals surface area (Å²) in [6.45, 7) is 4.13. The maximum Gasteiger partial charge on any atom is 0.337 e. The molecule has 1 N–H and O–H groups in total. The zero-order chi connectivity index (χ0) is 15.5. The van der Waals surface area contributed by atoms with Gasteiger partial charge in [0.15, 0.2) is 0 Å². The van der Waals surface area contributed by atoms with Gasteiger partial charge in [0.1, 0.15) is 0 Å². The maximum atomic E-state index is 12.7. The van der Waals surface area contributed by atoms with E-state index in [1.807, 2.05) is 0 Å². The average Bonchev–Trinajstić information content (AvgIpc) is 2.75. The molecule has 21 heavy (non-hydrogen) atoms. The molecule has 7 heteroatoms. The first kappa shape index (κ1) is 15.9. The smallest absolute Gasteiger partial charge is 0.337 e. The van der Waals surface area contributed by atoms with Gasteiger partial charge in [-0.15, -0.1) is 0 Å². The van der Waals surface area contributed by atoms with E-state index in [2.05, 4.69) is 10.1 Å². The van der Waals surface area contributed by atoms with E-state index >= 15 is 0 Å². The third-order valence-electron chi connectivity index (χ3n) is 3.51. The lowest BCUT2D eigenvalue weighted by atomic mass is 10.1. The molecule has 0 atom stereocenters. The molecule has 0 aromatic heterocycles. The molecule has 0 bridgehead atoms. The van der Waals surface area contributed by atoms with Gasteiger partial charge in [0.2, 0.25) is 10.0 Å². The Balaban J connectivity index is 2.33. The lowest BCUT2D eigenvalue weighted by molar-refractivity contribution is 0.0600. The summed E-state index contributed by atoms with van der Waals surface area (Å²) in [5.74, 6) is -0.471. The number of ether oxygens (including phenoxy) is 1. The highest BCUT2D eigenvalue weighted by Crippen LogP contribution is 2.22. The Morgan fingerprint density at radius 3 is 2.71 bits per heavy atom. The van der Waals surface area contributed by atoms with E-state index in [1.165, 1.54) is 23.5 Å². The number of esters is 1. The number of carbonyl (C=O) groups excluding carboxylic acids is 1. The van der Waals surface area contributed by atoms with Crippen LogP contribution in [-0.2, 0) is 14.8 Å². The van der Waals surface area contributed by atoms with E-state index in [0.29, 0.717) is 30.8 Å². The zero-order valence-electron chi connectivity index (χ0n) is 12.3. The predicted molar refractivity (Wildman–Crippen MR) is 78.8 cm³/mol. The van der Waals surface area contributed by atoms with E-state index in [9.17, 15) is 13.2 Å². The highest BCUT2D eigenvalue weighted by Gasteiger charge is 2.26. The molecule has 0 unspecified atom stereocenters. The third kappa shape index (κ3) is 3.42. The second kappa shape index (κ2) is 6.55. The number of sulfonamides is 1. The second-order valence-corrected chi connectivity index (χ2v) is 6.89. The van der Waals surface area contributed by atoms with Crippen molar-refractivity contribution >= 4 is 16.0 Å². The number of aryl methyl sites for hydroxylation is 1. The summed E-state index contributed by atoms with van der Waals surface area (Å²) in [5, 5.41) is 3.18. The van der Waals surface area contributed by atoms with Gasteiger partial charge in [-0.1, -0.05) is 0 Å². The zero-order valence-corrected chi connectivity index (χ0v) is 13.1. The minimum absolute atomic E-state index is 0.247. The minimum Gasteiger partial charge on any atom is -0.465 e. The minimum atomic E-state index is -3.52. The SMILES string of the molecule is COC(=O)c1ccc(S(=O)(=O)N2CCCNCC2)c(C)c1. The number of rotatable bonds is 3. The Hall–Kier alpha value is -1.44. The van der Waals surface area contributed by atoms with Crippen molar-refractivity contribution in [1.29, 1.82) is 0 Å². The standard InChI is InChI=1S/C14H20N2O4S/c1-11-10-12(14(17)20-2)4-5-13(11)21(18,19)16-8-3-6-15-7-9-16/h4-5,10,15H,3,6-9H2,1-2H3. The predicted octanol–water partition coefficient (Wildman–Crippen LogP) is 0.766. The average molecular weight is 312 g/mol. The van der Waals surface area contributed by atoms with E-state index in [0.717, 1.165) is 13.0 Å². The third-order valence-corrected chi connectivity index (χ3v) is 5.57. The topological polar surface area (TPSA) is 75.7 Å². The molecule has 0 spiro atoms. The van der Waals surface area contributed by atoms with Crippen molar-refractivity contribution in [3.05, 3.63) is 29.3 Å². The van der Waals surface area contributed by atoms with Gasteiger partial charge in [0, 0.05) is 19.6 Å². The number of methoxy groups -OCH3 is 1. The van der Waals surface area contributed by atoms with Gasteiger partial charge in [0.25, 0.3) is 0 Å². The first-order valence-corrected chi connectivity index (χ1v) is 8.30. The van der Waals surface area contributed by atoms with Crippen LogP contribution >= 0.6 is 0 Å². The molecule has 1 aliphatic rings. The first-order chi connectivity index (χ1) is 9.96. The molecule has 1 fully saturated rings. The van der Waals surface area contributed by atoms with Gasteiger partial charge in [0.05, 0.1) is 17.6 Å². The van der Waals surface area contributed by atoms with Crippen molar-refractivity contribution in [1.82, 2.24) is 9.62 Å². The van der Waals surface area contributed by atoms with E-state index in [-0.39, 0.29) is 4.90 Å². The molecule has 1 aromatic rings. The number of benzene rings is 1. The molecular formula is C14H20N2O4S. The van der Waals surface area contributed by atoms with E-state index in [1.54, 1.807) is 13.0 Å². The molecule has 116 valence electrons. The fourth-order valence-electron chi connectivity index (χ4n) is 2.38. The van der Waals surface area contributed by atoms with Crippen LogP contribution in [0.5, 0.6) is 0 Å². The number of hydrogen-bond acceptors (Lipinski definition) is 5. The van der Waals surface area contributed by atoms with Crippen molar-refractivity contribution in [2.45, 2.75) is 18.2 Å². The first-order valence-electron chi connectivity index (χ1n) is 6.86. The van der Waals surface area contributed by atoms with E-state index in [4.69, 9.17) is 0 Å². The van der Waals surface area contributed by atoms with Crippen LogP contribution in [0.15, 0.2) is 23.1 Å². The number of hydrogen-bond donors (Lipinski definition) is 1. The monoisotopic (exact) mass is 312 g/mol. The Morgan fingerprint density at radius 2 is 2.05 bits per heavy atom. The lowest BCUT2D eigenvalue weighted by Gasteiger charge is -2.21. The van der Waals surface area contributed by atoms with Crippen LogP contribution in [0.4, 0.5) is 0 Å². The van der Waals surface area contributed by atoms with Crippen molar-refractivity contribution in [3.8, 4) is 0 Å². The molecule has 1 aromatic carbocycles. The number of nitrogens with zero attached hydrogens (tertiary/aromatic N) is 1. The quantitative estimate of drug-likeness (QED) is 0.834. The Morgan fingerprint density at radius 1 is 1.29 bits per heavy atom. The Bertz CT molecular complexity index is 620. The van der Waals surface area contributed by atoms with Gasteiger partial charge in [-0.25, -0.2) is 13.2 Å². The largest absolute Gasteiger partial charge is 0.465 e. The highest BCUT2D eigenvalue weighted by atomic mass is 32.2. The van der Waals surface area contributed by atoms with Crippen LogP contribution in [-0.4, -0.2) is 52.0 Å². The van der Waals surface area contributed by atoms with Gasteiger partial charge < -0.3 is 10.1 Å². The van der Waals surface area contributed by atoms with Crippen LogP contribution in [0.25, 0.3) is 0 Å². The van der Waals surface area contributed by atoms with Crippen LogP contribution in [0.3, 0.4) is 0 Å². The highest BCUT2D eigenvalue weighted by molar-refractivity contribution is 7.89. The van der Waals surface area contributed by atoms with Gasteiger partial charge in [-0.3, -0.25) is 0 Å². The molecule has 2 rings (SSSR count). The number of carbonyl (C=O) groups is 1. The molecular weight excluding hydrogens is 292 g/mol. The van der Waals surface area contributed by atoms with Gasteiger partial charge in [-0.2, -0.15) is 4.31 Å². The Labute approximate surface area is 125 Å². The number of nitrogens with one attached hydrogen (secondary N) is 1. The summed E-state index contributed by atoms with van der Waals surface area (Å²) in [6.07, 6.45) is 0.790. The molecule has 0 aliphatic carbocycles. The summed E-state index contributed by atoms with van der Waals surface area (Å²) in [4.78, 5) is 11.7. The van der Waals surface area contributed by atoms with Crippen LogP contribution < -0.4 is 5.32 Å². The molecule has 1 saturated heterocycles. The summed E-state index contributed by atoms with van der Waals surface area (Å²) in [5.41, 5.74) is 0.904. The van der Waals surface area contributed by atoms with Crippen molar-refractivity contribution in [3.63, 3.8) is 0 Å². The summed E-state index contributed by atoms with van der Waals surface area (Å²) >= 11 is 0. The fraction of sp³-hybridized carbons (Fsp3) is 0.500. The van der Waals surface area contributed by atoms with Crippen LogP contribution in [0.1, 0.15) is 22.3 Å². The van der Waals surface area contributed by atoms with Crippen molar-refractivity contribution < 1.29 is 17.9 Å². The lowest BCUT2D eigenvalue weighted by Crippen LogP contribution is -2.34. The van der Waals surface area contributed by atoms with Crippen LogP contribution in [0, 0.1) is 6.92 Å². The molecule has 0 amide bonds. The molecule has 0 radical (unpaired) electrons.